The number of nitrogens with zero attached hydrogens (tertiary/aromatic N) is 4. The summed E-state index contributed by atoms with van der Waals surface area (Å²) in [7, 11) is 13.6. The molecule has 12 aromatic rings. The highest BCUT2D eigenvalue weighted by Crippen LogP contribution is 2.41. The molecule has 0 N–H and O–H groups in total. The molecule has 0 amide bonds. The van der Waals surface area contributed by atoms with Crippen molar-refractivity contribution < 1.29 is 4.42 Å². The Bertz CT molecular complexity index is 3800. The lowest BCUT2D eigenvalue weighted by atomic mass is 9.74. The quantitative estimate of drug-likeness (QED) is 0.252. The van der Waals surface area contributed by atoms with E-state index in [0.717, 1.165) is 61.4 Å². The van der Waals surface area contributed by atoms with E-state index in [4.69, 9.17) is 14.4 Å². The molecule has 0 atom stereocenters. The molecule has 11 heteroatoms. The topological polar surface area (TPSA) is 48.8 Å². The van der Waals surface area contributed by atoms with Crippen LogP contribution in [0.5, 0.6) is 0 Å². The summed E-state index contributed by atoms with van der Waals surface area (Å²) < 4.78 is 11.8. The maximum Gasteiger partial charge on any atom is 0.160 e. The summed E-state index contributed by atoms with van der Waals surface area (Å²) in [5.74, 6) is 0.674. The Kier molecular flexibility index (Phi) is 8.36. The molecule has 0 bridgehead atoms. The zero-order chi connectivity index (χ0) is 42.7. The van der Waals surface area contributed by atoms with E-state index in [1.807, 2.05) is 12.1 Å². The van der Waals surface area contributed by atoms with E-state index in [-0.39, 0.29) is 0 Å². The van der Waals surface area contributed by atoms with Crippen molar-refractivity contribution in [3.63, 3.8) is 0 Å². The highest BCUT2D eigenvalue weighted by atomic mass is 16.3. The number of fused-ring (bicyclic) bond motifs is 10. The number of hydrogen-bond donors (Lipinski definition) is 0. The fraction of sp³-hybridized carbons (Fsp3) is 0. The predicted molar refractivity (Wildman–Crippen MR) is 283 cm³/mol. The van der Waals surface area contributed by atoms with Crippen LogP contribution >= 0.6 is 0 Å². The monoisotopic (exact) mass is 800 g/mol. The van der Waals surface area contributed by atoms with Gasteiger partial charge in [0.2, 0.25) is 0 Å². The molecule has 0 aliphatic rings. The summed E-state index contributed by atoms with van der Waals surface area (Å²) in [6.07, 6.45) is 0. The molecule has 12 rings (SSSR count). The van der Waals surface area contributed by atoms with Crippen molar-refractivity contribution in [1.82, 2.24) is 19.1 Å². The van der Waals surface area contributed by atoms with Crippen LogP contribution in [0.4, 0.5) is 0 Å². The van der Waals surface area contributed by atoms with E-state index in [9.17, 15) is 0 Å². The maximum atomic E-state index is 6.78. The Morgan fingerprint density at radius 2 is 0.905 bits per heavy atom. The predicted octanol–water partition coefficient (Wildman–Crippen LogP) is 3.12. The van der Waals surface area contributed by atoms with Crippen LogP contribution in [0.2, 0.25) is 0 Å². The highest BCUT2D eigenvalue weighted by Gasteiger charge is 2.26. The SMILES string of the molecule is Bc1cc(B)c2c(c1)c1c(B)c(B)c3c4cc(B)cc(B)c4n(-c4ccc5c(c4)oc4ccc(-c6nc(-c7ccccc7)cc(-c7ccccc7)n6)cc45)c3c1n2-c1ccccc1. The van der Waals surface area contributed by atoms with Crippen molar-refractivity contribution in [2.24, 2.45) is 0 Å². The van der Waals surface area contributed by atoms with E-state index in [1.165, 1.54) is 76.4 Å². The molecule has 8 aromatic carbocycles. The molecule has 5 nitrogen and oxygen atoms in total. The summed E-state index contributed by atoms with van der Waals surface area (Å²) in [4.78, 5) is 10.3. The van der Waals surface area contributed by atoms with Crippen LogP contribution in [0.3, 0.4) is 0 Å². The fourth-order valence-corrected chi connectivity index (χ4v) is 10.4. The molecule has 0 unspecified atom stereocenters. The van der Waals surface area contributed by atoms with Gasteiger partial charge in [0.15, 0.2) is 5.82 Å². The molecule has 4 aromatic heterocycles. The van der Waals surface area contributed by atoms with E-state index in [0.29, 0.717) is 5.82 Å². The molecule has 63 heavy (non-hydrogen) atoms. The van der Waals surface area contributed by atoms with E-state index in [2.05, 4.69) is 202 Å². The maximum absolute atomic E-state index is 6.78. The smallest absolute Gasteiger partial charge is 0.160 e. The van der Waals surface area contributed by atoms with Gasteiger partial charge in [-0.1, -0.05) is 136 Å². The lowest BCUT2D eigenvalue weighted by Gasteiger charge is -2.15. The summed E-state index contributed by atoms with van der Waals surface area (Å²) in [5, 5.41) is 7.23. The number of furan rings is 1. The standard InChI is InChI=1S/C52H38B6N4O/c53-30-21-36-44-46(57)47(58)45-37-22-31(54)24-39(56)49(37)62(51(45)50(44)61(48(36)38(55)23-30)32-14-8-3-9-15-32)33-17-18-34-35-20-29(16-19-42(35)63-43(34)25-33)52-59-40(27-10-4-1-5-11-27)26-41(60-52)28-12-6-2-7-13-28/h1-26H,53-58H2. The molecule has 0 spiro atoms. The number of aromatic nitrogens is 4. The van der Waals surface area contributed by atoms with Gasteiger partial charge in [0.05, 0.1) is 22.4 Å². The van der Waals surface area contributed by atoms with Crippen LogP contribution in [0.15, 0.2) is 162 Å². The molecule has 290 valence electrons. The number of benzene rings is 8. The van der Waals surface area contributed by atoms with Crippen LogP contribution in [-0.4, -0.2) is 66.2 Å². The first-order valence-electron chi connectivity index (χ1n) is 21.7. The van der Waals surface area contributed by atoms with Crippen molar-refractivity contribution in [3.05, 3.63) is 158 Å². The first-order valence-corrected chi connectivity index (χ1v) is 21.7. The Labute approximate surface area is 370 Å². The van der Waals surface area contributed by atoms with Gasteiger partial charge in [-0.3, -0.25) is 0 Å². The average molecular weight is 800 g/mol. The minimum Gasteiger partial charge on any atom is -0.456 e. The lowest BCUT2D eigenvalue weighted by molar-refractivity contribution is 0.668. The second-order valence-electron chi connectivity index (χ2n) is 17.3. The molecule has 0 fully saturated rings. The molecule has 0 radical (unpaired) electrons. The minimum atomic E-state index is 0.674. The molecule has 4 heterocycles. The third kappa shape index (κ3) is 5.72. The molecular weight excluding hydrogens is 761 g/mol. The normalized spacial score (nSPS) is 11.9. The fourth-order valence-electron chi connectivity index (χ4n) is 10.4. The summed E-state index contributed by atoms with van der Waals surface area (Å²) >= 11 is 0. The Balaban J connectivity index is 1.12. The highest BCUT2D eigenvalue weighted by molar-refractivity contribution is 6.61. The van der Waals surface area contributed by atoms with Crippen LogP contribution in [-0.2, 0) is 0 Å². The van der Waals surface area contributed by atoms with Crippen LogP contribution in [0.25, 0.3) is 111 Å². The molecule has 0 aliphatic heterocycles. The zero-order valence-electron chi connectivity index (χ0n) is 36.2. The van der Waals surface area contributed by atoms with Crippen molar-refractivity contribution in [1.29, 1.82) is 0 Å². The lowest BCUT2D eigenvalue weighted by Crippen LogP contribution is -2.27. The van der Waals surface area contributed by atoms with Crippen LogP contribution in [0.1, 0.15) is 0 Å². The largest absolute Gasteiger partial charge is 0.456 e. The van der Waals surface area contributed by atoms with Gasteiger partial charge >= 0.3 is 0 Å². The van der Waals surface area contributed by atoms with Gasteiger partial charge in [-0.15, -0.1) is 0 Å². The van der Waals surface area contributed by atoms with Gasteiger partial charge in [-0.05, 0) is 48.5 Å². The molecular formula is C52H38B6N4O. The first-order chi connectivity index (χ1) is 30.7. The van der Waals surface area contributed by atoms with Gasteiger partial charge in [0.25, 0.3) is 0 Å². The van der Waals surface area contributed by atoms with Crippen LogP contribution < -0.4 is 32.8 Å². The molecule has 0 aliphatic carbocycles. The number of rotatable bonds is 5. The second kappa shape index (κ2) is 14.1. The Morgan fingerprint density at radius 3 is 1.46 bits per heavy atom. The Morgan fingerprint density at radius 1 is 0.381 bits per heavy atom. The van der Waals surface area contributed by atoms with Gasteiger partial charge in [-0.2, -0.15) is 0 Å². The summed E-state index contributed by atoms with van der Waals surface area (Å²) in [5.41, 5.74) is 21.2. The van der Waals surface area contributed by atoms with E-state index >= 15 is 0 Å². The Hall–Kier alpha value is -7.37. The zero-order valence-corrected chi connectivity index (χ0v) is 36.2. The third-order valence-electron chi connectivity index (χ3n) is 13.2. The molecule has 0 saturated carbocycles. The van der Waals surface area contributed by atoms with Crippen LogP contribution in [0, 0.1) is 0 Å². The molecule has 0 saturated heterocycles. The van der Waals surface area contributed by atoms with E-state index < -0.39 is 0 Å². The average Bonchev–Trinajstić information content (AvgIpc) is 3.96. The summed E-state index contributed by atoms with van der Waals surface area (Å²) in [6.45, 7) is 0. The van der Waals surface area contributed by atoms with Gasteiger partial charge < -0.3 is 13.6 Å². The third-order valence-corrected chi connectivity index (χ3v) is 13.2. The van der Waals surface area contributed by atoms with E-state index in [1.54, 1.807) is 0 Å². The number of para-hydroxylation sites is 1. The van der Waals surface area contributed by atoms with Crippen molar-refractivity contribution >= 4 is 145 Å². The van der Waals surface area contributed by atoms with Crippen molar-refractivity contribution in [2.75, 3.05) is 0 Å². The number of hydrogen-bond acceptors (Lipinski definition) is 3. The second-order valence-corrected chi connectivity index (χ2v) is 17.3. The van der Waals surface area contributed by atoms with Gasteiger partial charge in [0.1, 0.15) is 58.2 Å². The van der Waals surface area contributed by atoms with Gasteiger partial charge in [0, 0.05) is 77.5 Å². The first kappa shape index (κ1) is 37.4. The van der Waals surface area contributed by atoms with Gasteiger partial charge in [-0.25, -0.2) is 9.97 Å². The van der Waals surface area contributed by atoms with Crippen molar-refractivity contribution in [2.45, 2.75) is 0 Å². The minimum absolute atomic E-state index is 0.674. The summed E-state index contributed by atoms with van der Waals surface area (Å²) in [6, 6.07) is 56.1. The van der Waals surface area contributed by atoms with Crippen molar-refractivity contribution in [3.8, 4) is 45.3 Å².